The van der Waals surface area contributed by atoms with Crippen molar-refractivity contribution in [3.8, 4) is 5.75 Å². The molecule has 0 N–H and O–H groups in total. The van der Waals surface area contributed by atoms with Gasteiger partial charge in [0.25, 0.3) is 0 Å². The predicted molar refractivity (Wildman–Crippen MR) is 55.6 cm³/mol. The molecule has 0 saturated heterocycles. The summed E-state index contributed by atoms with van der Waals surface area (Å²) in [5.74, 6) is 0.761. The van der Waals surface area contributed by atoms with Crippen LogP contribution in [0.5, 0.6) is 5.75 Å². The lowest BCUT2D eigenvalue weighted by Gasteiger charge is -2.16. The van der Waals surface area contributed by atoms with Crippen LogP contribution in [0.1, 0.15) is 5.56 Å². The molecule has 1 heterocycles. The van der Waals surface area contributed by atoms with Crippen molar-refractivity contribution in [1.82, 2.24) is 0 Å². The molecule has 72 valence electrons. The molecule has 0 saturated carbocycles. The Bertz CT molecular complexity index is 396. The summed E-state index contributed by atoms with van der Waals surface area (Å²) in [6, 6.07) is 7.61. The van der Waals surface area contributed by atoms with Crippen molar-refractivity contribution in [2.24, 2.45) is 0 Å². The summed E-state index contributed by atoms with van der Waals surface area (Å²) >= 11 is 5.47. The van der Waals surface area contributed by atoms with E-state index in [1.165, 1.54) is 0 Å². The highest BCUT2D eigenvalue weighted by molar-refractivity contribution is 6.31. The molecular formula is C11H9ClO2. The lowest BCUT2D eigenvalue weighted by atomic mass is 10.1. The third-order valence-corrected chi connectivity index (χ3v) is 2.35. The van der Waals surface area contributed by atoms with Gasteiger partial charge in [-0.3, -0.25) is 4.79 Å². The smallest absolute Gasteiger partial charge is 0.177 e. The number of carbonyl (C=O) groups excluding carboxylic acids is 1. The number of para-hydroxylation sites is 1. The van der Waals surface area contributed by atoms with Gasteiger partial charge in [-0.15, -0.1) is 11.6 Å². The topological polar surface area (TPSA) is 26.3 Å². The Morgan fingerprint density at radius 3 is 3.00 bits per heavy atom. The quantitative estimate of drug-likeness (QED) is 0.697. The average Bonchev–Trinajstić information content (AvgIpc) is 2.27. The van der Waals surface area contributed by atoms with Gasteiger partial charge in [0.05, 0.1) is 5.88 Å². The van der Waals surface area contributed by atoms with E-state index in [9.17, 15) is 4.79 Å². The molecule has 2 rings (SSSR count). The normalized spacial score (nSPS) is 13.9. The molecule has 3 heteroatoms. The standard InChI is InChI=1S/C11H9ClO2/c12-6-10(13)9-5-8-3-1-2-4-11(8)14-7-9/h1-5H,6-7H2. The van der Waals surface area contributed by atoms with Gasteiger partial charge in [0.15, 0.2) is 5.78 Å². The summed E-state index contributed by atoms with van der Waals surface area (Å²) < 4.78 is 5.41. The van der Waals surface area contributed by atoms with E-state index in [1.54, 1.807) is 0 Å². The van der Waals surface area contributed by atoms with E-state index in [4.69, 9.17) is 16.3 Å². The van der Waals surface area contributed by atoms with Crippen molar-refractivity contribution in [3.05, 3.63) is 35.4 Å². The van der Waals surface area contributed by atoms with Crippen LogP contribution in [0.15, 0.2) is 29.8 Å². The van der Waals surface area contributed by atoms with Crippen molar-refractivity contribution in [2.75, 3.05) is 12.5 Å². The second kappa shape index (κ2) is 3.84. The fourth-order valence-corrected chi connectivity index (χ4v) is 1.53. The summed E-state index contributed by atoms with van der Waals surface area (Å²) in [4.78, 5) is 11.3. The van der Waals surface area contributed by atoms with Crippen LogP contribution in [0.4, 0.5) is 0 Å². The zero-order chi connectivity index (χ0) is 9.97. The zero-order valence-corrected chi connectivity index (χ0v) is 8.25. The van der Waals surface area contributed by atoms with Crippen molar-refractivity contribution in [2.45, 2.75) is 0 Å². The zero-order valence-electron chi connectivity index (χ0n) is 7.50. The maximum Gasteiger partial charge on any atom is 0.177 e. The van der Waals surface area contributed by atoms with Crippen molar-refractivity contribution in [1.29, 1.82) is 0 Å². The Kier molecular flexibility index (Phi) is 2.55. The van der Waals surface area contributed by atoms with Gasteiger partial charge in [0, 0.05) is 11.1 Å². The van der Waals surface area contributed by atoms with Crippen LogP contribution in [0.3, 0.4) is 0 Å². The number of rotatable bonds is 2. The Morgan fingerprint density at radius 2 is 2.21 bits per heavy atom. The SMILES string of the molecule is O=C(CCl)C1=Cc2ccccc2OC1. The summed E-state index contributed by atoms with van der Waals surface area (Å²) in [6.07, 6.45) is 1.84. The summed E-state index contributed by atoms with van der Waals surface area (Å²) in [5.41, 5.74) is 1.57. The van der Waals surface area contributed by atoms with E-state index in [0.717, 1.165) is 11.3 Å². The predicted octanol–water partition coefficient (Wildman–Crippen LogP) is 2.27. The molecule has 0 spiro atoms. The molecule has 1 aromatic carbocycles. The number of halogens is 1. The fraction of sp³-hybridized carbons (Fsp3) is 0.182. The minimum Gasteiger partial charge on any atom is -0.488 e. The highest BCUT2D eigenvalue weighted by Gasteiger charge is 2.15. The van der Waals surface area contributed by atoms with E-state index in [0.29, 0.717) is 12.2 Å². The second-order valence-electron chi connectivity index (χ2n) is 3.05. The molecule has 1 aliphatic heterocycles. The van der Waals surface area contributed by atoms with Crippen LogP contribution < -0.4 is 4.74 Å². The first kappa shape index (κ1) is 9.28. The van der Waals surface area contributed by atoms with Crippen molar-refractivity contribution < 1.29 is 9.53 Å². The number of alkyl halides is 1. The maximum atomic E-state index is 11.3. The molecule has 0 amide bonds. The number of Topliss-reactive ketones (excluding diaryl/α,β-unsaturated/α-hetero) is 1. The molecule has 0 atom stereocenters. The molecule has 1 aliphatic rings. The molecule has 2 nitrogen and oxygen atoms in total. The third-order valence-electron chi connectivity index (χ3n) is 2.11. The molecule has 0 radical (unpaired) electrons. The lowest BCUT2D eigenvalue weighted by molar-refractivity contribution is -0.113. The van der Waals surface area contributed by atoms with Gasteiger partial charge >= 0.3 is 0 Å². The average molecular weight is 209 g/mol. The molecule has 0 unspecified atom stereocenters. The van der Waals surface area contributed by atoms with Crippen molar-refractivity contribution in [3.63, 3.8) is 0 Å². The van der Waals surface area contributed by atoms with Crippen LogP contribution in [0.2, 0.25) is 0 Å². The number of fused-ring (bicyclic) bond motifs is 1. The number of carbonyl (C=O) groups is 1. The number of benzene rings is 1. The van der Waals surface area contributed by atoms with E-state index >= 15 is 0 Å². The van der Waals surface area contributed by atoms with E-state index in [2.05, 4.69) is 0 Å². The number of ether oxygens (including phenoxy) is 1. The molecule has 0 bridgehead atoms. The summed E-state index contributed by atoms with van der Waals surface area (Å²) in [7, 11) is 0. The van der Waals surface area contributed by atoms with Gasteiger partial charge in [0.2, 0.25) is 0 Å². The van der Waals surface area contributed by atoms with Gasteiger partial charge < -0.3 is 4.74 Å². The maximum absolute atomic E-state index is 11.3. The van der Waals surface area contributed by atoms with Gasteiger partial charge in [-0.25, -0.2) is 0 Å². The lowest BCUT2D eigenvalue weighted by Crippen LogP contribution is -2.15. The Balaban J connectivity index is 2.36. The first-order valence-corrected chi connectivity index (χ1v) is 4.86. The van der Waals surface area contributed by atoms with Crippen LogP contribution in [0, 0.1) is 0 Å². The van der Waals surface area contributed by atoms with E-state index in [-0.39, 0.29) is 11.7 Å². The number of hydrogen-bond donors (Lipinski definition) is 0. The molecule has 14 heavy (non-hydrogen) atoms. The van der Waals surface area contributed by atoms with E-state index < -0.39 is 0 Å². The Hall–Kier alpha value is -1.28. The summed E-state index contributed by atoms with van der Waals surface area (Å²) in [5, 5.41) is 0. The van der Waals surface area contributed by atoms with Crippen molar-refractivity contribution >= 4 is 23.5 Å². The van der Waals surface area contributed by atoms with Crippen LogP contribution >= 0.6 is 11.6 Å². The first-order valence-electron chi connectivity index (χ1n) is 4.33. The van der Waals surface area contributed by atoms with Gasteiger partial charge in [-0.2, -0.15) is 0 Å². The molecule has 0 aliphatic carbocycles. The first-order chi connectivity index (χ1) is 6.81. The van der Waals surface area contributed by atoms with E-state index in [1.807, 2.05) is 30.3 Å². The van der Waals surface area contributed by atoms with Crippen LogP contribution in [-0.4, -0.2) is 18.3 Å². The molecule has 0 aromatic heterocycles. The number of ketones is 1. The van der Waals surface area contributed by atoms with Gasteiger partial charge in [0.1, 0.15) is 12.4 Å². The largest absolute Gasteiger partial charge is 0.488 e. The summed E-state index contributed by atoms with van der Waals surface area (Å²) in [6.45, 7) is 0.322. The third kappa shape index (κ3) is 1.66. The molecule has 0 fully saturated rings. The minimum atomic E-state index is -0.0684. The van der Waals surface area contributed by atoms with Gasteiger partial charge in [-0.1, -0.05) is 18.2 Å². The molecular weight excluding hydrogens is 200 g/mol. The molecule has 1 aromatic rings. The number of hydrogen-bond acceptors (Lipinski definition) is 2. The Morgan fingerprint density at radius 1 is 1.43 bits per heavy atom. The van der Waals surface area contributed by atoms with Gasteiger partial charge in [-0.05, 0) is 12.1 Å². The van der Waals surface area contributed by atoms with Crippen LogP contribution in [-0.2, 0) is 4.79 Å². The second-order valence-corrected chi connectivity index (χ2v) is 3.32. The monoisotopic (exact) mass is 208 g/mol. The highest BCUT2D eigenvalue weighted by Crippen LogP contribution is 2.25. The highest BCUT2D eigenvalue weighted by atomic mass is 35.5. The minimum absolute atomic E-state index is 0.0113. The van der Waals surface area contributed by atoms with Crippen LogP contribution in [0.25, 0.3) is 6.08 Å². The Labute approximate surface area is 87.1 Å². The fourth-order valence-electron chi connectivity index (χ4n) is 1.36.